The van der Waals surface area contributed by atoms with Gasteiger partial charge in [-0.05, 0) is 40.7 Å². The van der Waals surface area contributed by atoms with Crippen LogP contribution < -0.4 is 4.74 Å². The topological polar surface area (TPSA) is 53.7 Å². The van der Waals surface area contributed by atoms with Gasteiger partial charge in [-0.1, -0.05) is 31.2 Å². The third kappa shape index (κ3) is 2.32. The molecule has 2 aromatic carbocycles. The number of benzene rings is 2. The second kappa shape index (κ2) is 5.09. The number of rotatable bonds is 3. The minimum atomic E-state index is 0.162. The number of hydrogen-bond donors (Lipinski definition) is 2. The average Bonchev–Trinajstić information content (AvgIpc) is 2.92. The molecular weight excluding hydrogens is 270 g/mol. The fourth-order valence-corrected chi connectivity index (χ4v) is 2.43. The molecular formula is C15H15N3OS. The Balaban J connectivity index is 2.02. The zero-order chi connectivity index (χ0) is 14.1. The Morgan fingerprint density at radius 1 is 1.10 bits per heavy atom. The van der Waals surface area contributed by atoms with Crippen LogP contribution in [-0.2, 0) is 0 Å². The lowest BCUT2D eigenvalue weighted by molar-refractivity contribution is 0.415. The number of ether oxygens (including phenoxy) is 1. The maximum Gasteiger partial charge on any atom is 0.213 e. The van der Waals surface area contributed by atoms with Crippen LogP contribution in [-0.4, -0.2) is 22.3 Å². The van der Waals surface area contributed by atoms with Crippen molar-refractivity contribution in [1.29, 1.82) is 0 Å². The van der Waals surface area contributed by atoms with Gasteiger partial charge in [0.2, 0.25) is 4.77 Å². The van der Waals surface area contributed by atoms with Crippen molar-refractivity contribution >= 4 is 23.0 Å². The summed E-state index contributed by atoms with van der Waals surface area (Å²) in [5, 5.41) is 8.19. The summed E-state index contributed by atoms with van der Waals surface area (Å²) in [6.45, 7) is 2.10. The molecule has 102 valence electrons. The van der Waals surface area contributed by atoms with E-state index in [4.69, 9.17) is 17.0 Å². The van der Waals surface area contributed by atoms with Crippen molar-refractivity contribution in [1.82, 2.24) is 15.2 Å². The lowest BCUT2D eigenvalue weighted by Crippen LogP contribution is -1.98. The van der Waals surface area contributed by atoms with Gasteiger partial charge in [-0.2, -0.15) is 0 Å². The normalized spacial score (nSPS) is 12.5. The van der Waals surface area contributed by atoms with Crippen molar-refractivity contribution in [2.75, 3.05) is 7.11 Å². The average molecular weight is 285 g/mol. The van der Waals surface area contributed by atoms with Crippen molar-refractivity contribution in [2.24, 2.45) is 0 Å². The highest BCUT2D eigenvalue weighted by molar-refractivity contribution is 7.71. The highest BCUT2D eigenvalue weighted by Gasteiger charge is 2.12. The van der Waals surface area contributed by atoms with E-state index < -0.39 is 0 Å². The summed E-state index contributed by atoms with van der Waals surface area (Å²) < 4.78 is 5.73. The Bertz CT molecular complexity index is 806. The Labute approximate surface area is 121 Å². The maximum atomic E-state index is 5.24. The number of hydrogen-bond acceptors (Lipinski definition) is 3. The van der Waals surface area contributed by atoms with Crippen LogP contribution >= 0.6 is 12.2 Å². The van der Waals surface area contributed by atoms with Crippen LogP contribution in [0, 0.1) is 4.77 Å². The minimum Gasteiger partial charge on any atom is -0.497 e. The Hall–Kier alpha value is -2.14. The predicted octanol–water partition coefficient (Wildman–Crippen LogP) is 3.78. The van der Waals surface area contributed by atoms with E-state index in [-0.39, 0.29) is 5.92 Å². The summed E-state index contributed by atoms with van der Waals surface area (Å²) in [5.41, 5.74) is 1.19. The molecule has 0 fully saturated rings. The lowest BCUT2D eigenvalue weighted by Gasteiger charge is -2.10. The van der Waals surface area contributed by atoms with Crippen LogP contribution in [0.5, 0.6) is 5.75 Å². The molecule has 0 saturated heterocycles. The van der Waals surface area contributed by atoms with Crippen molar-refractivity contribution in [3.63, 3.8) is 0 Å². The van der Waals surface area contributed by atoms with Crippen LogP contribution in [0.4, 0.5) is 0 Å². The van der Waals surface area contributed by atoms with Crippen molar-refractivity contribution in [3.05, 3.63) is 52.6 Å². The molecule has 1 heterocycles. The molecule has 1 atom stereocenters. The first-order valence-electron chi connectivity index (χ1n) is 6.39. The van der Waals surface area contributed by atoms with Crippen molar-refractivity contribution in [2.45, 2.75) is 12.8 Å². The Kier molecular flexibility index (Phi) is 3.28. The number of methoxy groups -OCH3 is 1. The largest absolute Gasteiger partial charge is 0.497 e. The molecule has 3 aromatic rings. The van der Waals surface area contributed by atoms with Crippen LogP contribution in [0.1, 0.15) is 24.2 Å². The van der Waals surface area contributed by atoms with Crippen molar-refractivity contribution < 1.29 is 4.74 Å². The van der Waals surface area contributed by atoms with E-state index in [0.717, 1.165) is 17.0 Å². The van der Waals surface area contributed by atoms with E-state index in [1.165, 1.54) is 10.9 Å². The number of aromatic amines is 2. The molecule has 0 amide bonds. The maximum absolute atomic E-state index is 5.24. The molecule has 0 saturated carbocycles. The zero-order valence-corrected chi connectivity index (χ0v) is 12.1. The molecule has 0 aliphatic rings. The number of nitrogens with zero attached hydrogens (tertiary/aromatic N) is 1. The van der Waals surface area contributed by atoms with E-state index >= 15 is 0 Å². The fraction of sp³-hybridized carbons (Fsp3) is 0.200. The van der Waals surface area contributed by atoms with E-state index in [9.17, 15) is 0 Å². The second-order valence-electron chi connectivity index (χ2n) is 4.75. The smallest absolute Gasteiger partial charge is 0.213 e. The Morgan fingerprint density at radius 3 is 2.55 bits per heavy atom. The van der Waals surface area contributed by atoms with Gasteiger partial charge in [-0.15, -0.1) is 0 Å². The third-order valence-electron chi connectivity index (χ3n) is 3.50. The second-order valence-corrected chi connectivity index (χ2v) is 5.13. The van der Waals surface area contributed by atoms with E-state index in [1.54, 1.807) is 7.11 Å². The van der Waals surface area contributed by atoms with Crippen molar-refractivity contribution in [3.8, 4) is 5.75 Å². The van der Waals surface area contributed by atoms with Gasteiger partial charge in [0.25, 0.3) is 0 Å². The number of H-pyrrole nitrogens is 2. The first kappa shape index (κ1) is 12.9. The lowest BCUT2D eigenvalue weighted by atomic mass is 9.97. The quantitative estimate of drug-likeness (QED) is 0.720. The minimum absolute atomic E-state index is 0.162. The molecule has 0 bridgehead atoms. The van der Waals surface area contributed by atoms with E-state index in [0.29, 0.717) is 4.77 Å². The van der Waals surface area contributed by atoms with Crippen LogP contribution in [0.3, 0.4) is 0 Å². The molecule has 2 N–H and O–H groups in total. The first-order valence-corrected chi connectivity index (χ1v) is 6.80. The van der Waals surface area contributed by atoms with Gasteiger partial charge < -0.3 is 4.74 Å². The summed E-state index contributed by atoms with van der Waals surface area (Å²) in [4.78, 5) is 4.28. The third-order valence-corrected chi connectivity index (χ3v) is 3.69. The molecule has 20 heavy (non-hydrogen) atoms. The van der Waals surface area contributed by atoms with Gasteiger partial charge in [0.05, 0.1) is 7.11 Å². The number of nitrogens with one attached hydrogen (secondary N) is 2. The molecule has 1 aromatic heterocycles. The molecule has 0 aliphatic heterocycles. The molecule has 0 aliphatic carbocycles. The van der Waals surface area contributed by atoms with Crippen LogP contribution in [0.25, 0.3) is 10.8 Å². The van der Waals surface area contributed by atoms with Gasteiger partial charge in [-0.25, -0.2) is 4.98 Å². The fourth-order valence-electron chi connectivity index (χ4n) is 2.28. The molecule has 0 unspecified atom stereocenters. The van der Waals surface area contributed by atoms with E-state index in [1.807, 2.05) is 12.1 Å². The van der Waals surface area contributed by atoms with Gasteiger partial charge in [-0.3, -0.25) is 10.2 Å². The number of fused-ring (bicyclic) bond motifs is 1. The zero-order valence-electron chi connectivity index (χ0n) is 11.3. The molecule has 4 nitrogen and oxygen atoms in total. The van der Waals surface area contributed by atoms with Crippen LogP contribution in [0.15, 0.2) is 36.4 Å². The summed E-state index contributed by atoms with van der Waals surface area (Å²) in [7, 11) is 1.68. The standard InChI is InChI=1S/C15H15N3OS/c1-9(14-16-15(20)18-17-14)10-3-4-12-8-13(19-2)6-5-11(12)7-10/h3-9H,1-2H3,(H2,16,17,18,20)/t9-/m0/s1. The molecule has 0 spiro atoms. The summed E-state index contributed by atoms with van der Waals surface area (Å²) in [6.07, 6.45) is 0. The molecule has 5 heteroatoms. The summed E-state index contributed by atoms with van der Waals surface area (Å²) in [5.74, 6) is 1.88. The van der Waals surface area contributed by atoms with Gasteiger partial charge in [0, 0.05) is 5.92 Å². The van der Waals surface area contributed by atoms with E-state index in [2.05, 4.69) is 46.4 Å². The SMILES string of the molecule is COc1ccc2cc([C@H](C)c3nc(=S)[nH][nH]3)ccc2c1. The highest BCUT2D eigenvalue weighted by atomic mass is 32.1. The monoisotopic (exact) mass is 285 g/mol. The number of aromatic nitrogens is 3. The molecule has 0 radical (unpaired) electrons. The first-order chi connectivity index (χ1) is 9.67. The summed E-state index contributed by atoms with van der Waals surface area (Å²) in [6, 6.07) is 12.5. The molecule has 3 rings (SSSR count). The van der Waals surface area contributed by atoms with Gasteiger partial charge in [0.15, 0.2) is 0 Å². The van der Waals surface area contributed by atoms with Gasteiger partial charge in [0.1, 0.15) is 11.6 Å². The highest BCUT2D eigenvalue weighted by Crippen LogP contribution is 2.27. The predicted molar refractivity (Wildman–Crippen MR) is 81.8 cm³/mol. The Morgan fingerprint density at radius 2 is 1.85 bits per heavy atom. The van der Waals surface area contributed by atoms with Gasteiger partial charge >= 0.3 is 0 Å². The summed E-state index contributed by atoms with van der Waals surface area (Å²) >= 11 is 4.99. The van der Waals surface area contributed by atoms with Crippen LogP contribution in [0.2, 0.25) is 0 Å².